The molecule has 3 atom stereocenters. The second-order valence-corrected chi connectivity index (χ2v) is 18.4. The Balaban J connectivity index is 0.925. The highest BCUT2D eigenvalue weighted by atomic mass is 32.2. The van der Waals surface area contributed by atoms with Crippen molar-refractivity contribution >= 4 is 66.8 Å². The van der Waals surface area contributed by atoms with E-state index in [4.69, 9.17) is 15.0 Å². The number of hydrogen-bond acceptors (Lipinski definition) is 11. The summed E-state index contributed by atoms with van der Waals surface area (Å²) < 4.78 is 0. The molecule has 2 saturated carbocycles. The molecule has 0 bridgehead atoms. The third kappa shape index (κ3) is 6.89. The fraction of sp³-hybridized carbons (Fsp3) is 0.349. The number of rotatable bonds is 13. The normalized spacial score (nSPS) is 21.6. The van der Waals surface area contributed by atoms with Gasteiger partial charge >= 0.3 is 0 Å². The smallest absolute Gasteiger partial charge is 0.156 e. The molecule has 279 valence electrons. The predicted octanol–water partition coefficient (Wildman–Crippen LogP) is 7.29. The van der Waals surface area contributed by atoms with Gasteiger partial charge in [0, 0.05) is 71.1 Å². The number of thioether (sulfide) groups is 1. The van der Waals surface area contributed by atoms with Gasteiger partial charge < -0.3 is 31.5 Å². The Morgan fingerprint density at radius 2 is 1.25 bits per heavy atom. The third-order valence-electron chi connectivity index (χ3n) is 11.8. The lowest BCUT2D eigenvalue weighted by Gasteiger charge is -2.30. The van der Waals surface area contributed by atoms with Crippen LogP contribution in [0.3, 0.4) is 0 Å². The third-order valence-corrected chi connectivity index (χ3v) is 13.9. The largest absolute Gasteiger partial charge is 0.393 e. The van der Waals surface area contributed by atoms with Crippen LogP contribution in [-0.2, 0) is 13.1 Å². The number of nitrogens with zero attached hydrogens (tertiary/aromatic N) is 4. The Hall–Kier alpha value is -4.43. The van der Waals surface area contributed by atoms with Crippen LogP contribution in [0.2, 0.25) is 0 Å². The van der Waals surface area contributed by atoms with Crippen molar-refractivity contribution in [2.24, 2.45) is 0 Å². The Kier molecular flexibility index (Phi) is 8.79. The van der Waals surface area contributed by atoms with Crippen LogP contribution < -0.4 is 21.3 Å². The lowest BCUT2D eigenvalue weighted by Crippen LogP contribution is -2.51. The Labute approximate surface area is 328 Å². The zero-order valence-electron chi connectivity index (χ0n) is 31.5. The number of fused-ring (bicyclic) bond motifs is 2. The van der Waals surface area contributed by atoms with Gasteiger partial charge in [-0.2, -0.15) is 0 Å². The molecule has 55 heavy (non-hydrogen) atoms. The number of pyridine rings is 4. The molecule has 3 fully saturated rings. The molecule has 0 spiro atoms. The summed E-state index contributed by atoms with van der Waals surface area (Å²) in [6.45, 7) is 9.30. The lowest BCUT2D eigenvalue weighted by atomic mass is 9.94. The topological polar surface area (TPSA) is 140 Å². The van der Waals surface area contributed by atoms with Gasteiger partial charge in [0.2, 0.25) is 0 Å². The standard InChI is InChI=1S/C43H45N8O2SSi/c1-25-31(7-5-9-33(25)50-37-35-29(11-17-44-37)19-27(21-46-35)23-48-42(13-14-42)39-40(3,52)54-39)32-8-6-10-34(26(32)2)51-38-36-30(12-18-45-38)20-28(22-47-36)24-49-43(15-16-43)41(4,53)55/h5-12,17-22,39,48-49,52-53H,13-16,23-24H2,1-4H3,(H,44,50)(H,45,51)/t39?,40-,41-/m0/s1. The second-order valence-electron chi connectivity index (χ2n) is 15.9. The van der Waals surface area contributed by atoms with E-state index in [0.29, 0.717) is 24.7 Å². The summed E-state index contributed by atoms with van der Waals surface area (Å²) in [5, 5.41) is 36.7. The van der Waals surface area contributed by atoms with Crippen LogP contribution in [0, 0.1) is 13.8 Å². The molecule has 5 heterocycles. The highest BCUT2D eigenvalue weighted by Crippen LogP contribution is 2.63. The van der Waals surface area contributed by atoms with Crippen LogP contribution in [0.15, 0.2) is 85.5 Å². The summed E-state index contributed by atoms with van der Waals surface area (Å²) in [7, 11) is 3.49. The number of aromatic nitrogens is 4. The Morgan fingerprint density at radius 3 is 1.69 bits per heavy atom. The van der Waals surface area contributed by atoms with Crippen molar-refractivity contribution in [3.63, 3.8) is 0 Å². The van der Waals surface area contributed by atoms with E-state index in [0.717, 1.165) is 92.2 Å². The minimum Gasteiger partial charge on any atom is -0.393 e. The number of benzene rings is 2. The Morgan fingerprint density at radius 1 is 0.764 bits per heavy atom. The summed E-state index contributed by atoms with van der Waals surface area (Å²) in [5.41, 5.74) is 9.85. The van der Waals surface area contributed by atoms with E-state index in [1.807, 2.05) is 43.8 Å². The molecule has 1 unspecified atom stereocenters. The minimum absolute atomic E-state index is 0.0369. The molecular formula is C43H45N8O2SSi. The van der Waals surface area contributed by atoms with E-state index >= 15 is 0 Å². The lowest BCUT2D eigenvalue weighted by molar-refractivity contribution is 0.0877. The van der Waals surface area contributed by atoms with E-state index < -0.39 is 10.2 Å². The van der Waals surface area contributed by atoms with E-state index in [9.17, 15) is 10.2 Å². The molecule has 2 aliphatic carbocycles. The highest BCUT2D eigenvalue weighted by molar-refractivity contribution is 8.08. The van der Waals surface area contributed by atoms with Gasteiger partial charge in [0.15, 0.2) is 11.6 Å². The molecule has 6 N–H and O–H groups in total. The molecule has 1 aliphatic heterocycles. The first-order valence-corrected chi connectivity index (χ1v) is 20.3. The maximum atomic E-state index is 10.5. The molecule has 6 aromatic rings. The van der Waals surface area contributed by atoms with E-state index in [1.54, 1.807) is 18.7 Å². The van der Waals surface area contributed by atoms with Crippen molar-refractivity contribution < 1.29 is 10.2 Å². The fourth-order valence-corrected chi connectivity index (χ4v) is 9.49. The van der Waals surface area contributed by atoms with Gasteiger partial charge in [-0.05, 0) is 123 Å². The molecule has 3 aliphatic rings. The van der Waals surface area contributed by atoms with Crippen molar-refractivity contribution in [1.29, 1.82) is 0 Å². The molecular weight excluding hydrogens is 721 g/mol. The maximum absolute atomic E-state index is 10.5. The SMILES string of the molecule is Cc1c(Nc2nccc3cc(CNC4(C5S[C@]5(C)O)CC4)cnc23)cccc1-c1cccc(Nc2nccc3cc(CNC4([C@@](C)(O)[Si])CC4)cnc23)c1C. The van der Waals surface area contributed by atoms with E-state index in [2.05, 4.69) is 98.9 Å². The molecule has 1 saturated heterocycles. The average Bonchev–Trinajstić information content (AvgIpc) is 4.09. The summed E-state index contributed by atoms with van der Waals surface area (Å²) in [4.78, 5) is 18.5. The van der Waals surface area contributed by atoms with Crippen LogP contribution in [0.1, 0.15) is 61.8 Å². The first kappa shape index (κ1) is 36.2. The van der Waals surface area contributed by atoms with Gasteiger partial charge in [0.25, 0.3) is 0 Å². The van der Waals surface area contributed by atoms with Crippen molar-refractivity contribution in [2.45, 2.75) is 93.0 Å². The van der Waals surface area contributed by atoms with Gasteiger partial charge in [0.1, 0.15) is 16.0 Å². The van der Waals surface area contributed by atoms with Gasteiger partial charge in [-0.1, -0.05) is 24.3 Å². The van der Waals surface area contributed by atoms with E-state index in [1.165, 1.54) is 0 Å². The molecule has 12 heteroatoms. The quantitative estimate of drug-likeness (QED) is 0.0522. The molecule has 9 rings (SSSR count). The number of anilines is 4. The predicted molar refractivity (Wildman–Crippen MR) is 223 cm³/mol. The molecule has 10 nitrogen and oxygen atoms in total. The monoisotopic (exact) mass is 765 g/mol. The molecule has 3 radical (unpaired) electrons. The van der Waals surface area contributed by atoms with Crippen LogP contribution in [0.4, 0.5) is 23.0 Å². The zero-order chi connectivity index (χ0) is 38.2. The molecule has 4 aromatic heterocycles. The van der Waals surface area contributed by atoms with Crippen molar-refractivity contribution in [1.82, 2.24) is 30.6 Å². The van der Waals surface area contributed by atoms with Crippen molar-refractivity contribution in [3.8, 4) is 11.1 Å². The summed E-state index contributed by atoms with van der Waals surface area (Å²) in [6.07, 6.45) is 11.5. The number of nitrogens with one attached hydrogen (secondary N) is 4. The highest BCUT2D eigenvalue weighted by Gasteiger charge is 2.66. The maximum Gasteiger partial charge on any atom is 0.156 e. The first-order valence-electron chi connectivity index (χ1n) is 18.9. The van der Waals surface area contributed by atoms with Crippen molar-refractivity contribution in [3.05, 3.63) is 108 Å². The molecule has 0 amide bonds. The summed E-state index contributed by atoms with van der Waals surface area (Å²) in [5.74, 6) is 1.41. The van der Waals surface area contributed by atoms with Gasteiger partial charge in [0.05, 0.1) is 20.7 Å². The number of aliphatic hydroxyl groups is 2. The van der Waals surface area contributed by atoms with Crippen LogP contribution in [0.25, 0.3) is 32.9 Å². The van der Waals surface area contributed by atoms with Gasteiger partial charge in [-0.3, -0.25) is 9.97 Å². The fourth-order valence-electron chi connectivity index (χ4n) is 7.97. The molecule has 2 aromatic carbocycles. The minimum atomic E-state index is -0.962. The zero-order valence-corrected chi connectivity index (χ0v) is 33.3. The van der Waals surface area contributed by atoms with Gasteiger partial charge in [-0.25, -0.2) is 9.97 Å². The summed E-state index contributed by atoms with van der Waals surface area (Å²) >= 11 is 1.65. The number of hydrogen-bond donors (Lipinski definition) is 6. The average molecular weight is 766 g/mol. The van der Waals surface area contributed by atoms with Crippen LogP contribution in [0.5, 0.6) is 0 Å². The second kappa shape index (κ2) is 13.4. The first-order chi connectivity index (χ1) is 26.3. The van der Waals surface area contributed by atoms with Crippen LogP contribution in [-0.4, -0.2) is 66.9 Å². The van der Waals surface area contributed by atoms with Crippen LogP contribution >= 0.6 is 11.8 Å². The van der Waals surface area contributed by atoms with E-state index in [-0.39, 0.29) is 16.3 Å². The van der Waals surface area contributed by atoms with Crippen molar-refractivity contribution in [2.75, 3.05) is 10.6 Å². The Bertz CT molecular complexity index is 2460. The van der Waals surface area contributed by atoms with Gasteiger partial charge in [-0.15, -0.1) is 11.8 Å². The summed E-state index contributed by atoms with van der Waals surface area (Å²) in [6, 6.07) is 20.9.